The lowest BCUT2D eigenvalue weighted by Gasteiger charge is -2.14. The average molecular weight is 466 g/mol. The molecule has 3 aromatic rings. The van der Waals surface area contributed by atoms with E-state index in [1.807, 2.05) is 60.7 Å². The van der Waals surface area contributed by atoms with Crippen LogP contribution in [0.1, 0.15) is 16.7 Å². The molecule has 8 heteroatoms. The maximum Gasteiger partial charge on any atom is 0.387 e. The van der Waals surface area contributed by atoms with Crippen LogP contribution in [0.2, 0.25) is 0 Å². The van der Waals surface area contributed by atoms with Gasteiger partial charge < -0.3 is 20.1 Å². The van der Waals surface area contributed by atoms with Gasteiger partial charge in [0.25, 0.3) is 11.8 Å². The zero-order chi connectivity index (χ0) is 24.3. The lowest BCUT2D eigenvalue weighted by molar-refractivity contribution is -0.123. The molecule has 3 rings (SSSR count). The van der Waals surface area contributed by atoms with Gasteiger partial charge >= 0.3 is 6.61 Å². The molecule has 0 aliphatic heterocycles. The number of rotatable bonds is 10. The van der Waals surface area contributed by atoms with Gasteiger partial charge in [-0.3, -0.25) is 9.59 Å². The molecule has 34 heavy (non-hydrogen) atoms. The molecule has 0 atom stereocenters. The van der Waals surface area contributed by atoms with Crippen LogP contribution in [-0.4, -0.2) is 25.5 Å². The van der Waals surface area contributed by atoms with Gasteiger partial charge in [-0.05, 0) is 23.3 Å². The van der Waals surface area contributed by atoms with E-state index in [1.54, 1.807) is 6.07 Å². The second-order valence-electron chi connectivity index (χ2n) is 7.15. The highest BCUT2D eigenvalue weighted by atomic mass is 19.3. The van der Waals surface area contributed by atoms with E-state index in [0.717, 1.165) is 11.1 Å². The van der Waals surface area contributed by atoms with E-state index in [9.17, 15) is 18.4 Å². The number of halogens is 2. The van der Waals surface area contributed by atoms with Crippen LogP contribution in [0.5, 0.6) is 11.5 Å². The first kappa shape index (κ1) is 24.4. The number of alkyl halides is 2. The number of benzene rings is 3. The number of methoxy groups -OCH3 is 1. The summed E-state index contributed by atoms with van der Waals surface area (Å²) in [5.74, 6) is -1.56. The minimum atomic E-state index is -3.12. The predicted octanol–water partition coefficient (Wildman–Crippen LogP) is 4.31. The van der Waals surface area contributed by atoms with Crippen molar-refractivity contribution in [3.8, 4) is 11.5 Å². The molecule has 2 amide bonds. The van der Waals surface area contributed by atoms with Crippen molar-refractivity contribution >= 4 is 17.9 Å². The smallest absolute Gasteiger partial charge is 0.387 e. The van der Waals surface area contributed by atoms with Gasteiger partial charge in [-0.2, -0.15) is 8.78 Å². The summed E-state index contributed by atoms with van der Waals surface area (Å²) in [6, 6.07) is 22.8. The van der Waals surface area contributed by atoms with Crippen molar-refractivity contribution in [3.63, 3.8) is 0 Å². The Labute approximate surface area is 196 Å². The summed E-state index contributed by atoms with van der Waals surface area (Å²) in [5, 5.41) is 5.40. The quantitative estimate of drug-likeness (QED) is 0.265. The van der Waals surface area contributed by atoms with Crippen LogP contribution < -0.4 is 20.1 Å². The number of carbonyl (C=O) groups is 2. The van der Waals surface area contributed by atoms with Gasteiger partial charge in [-0.15, -0.1) is 0 Å². The molecule has 3 aromatic carbocycles. The Balaban J connectivity index is 1.91. The zero-order valence-electron chi connectivity index (χ0n) is 18.5. The van der Waals surface area contributed by atoms with Gasteiger partial charge in [0.2, 0.25) is 0 Å². The Bertz CT molecular complexity index is 1080. The Morgan fingerprint density at radius 3 is 1.82 bits per heavy atom. The van der Waals surface area contributed by atoms with Crippen LogP contribution in [0, 0.1) is 0 Å². The number of amides is 2. The molecule has 0 saturated heterocycles. The Morgan fingerprint density at radius 1 is 0.824 bits per heavy atom. The van der Waals surface area contributed by atoms with Crippen molar-refractivity contribution < 1.29 is 27.8 Å². The zero-order valence-corrected chi connectivity index (χ0v) is 18.5. The van der Waals surface area contributed by atoms with Crippen molar-refractivity contribution in [2.24, 2.45) is 0 Å². The minimum Gasteiger partial charge on any atom is -0.493 e. The lowest BCUT2D eigenvalue weighted by atomic mass is 10.1. The third-order valence-electron chi connectivity index (χ3n) is 4.82. The number of nitrogens with one attached hydrogen (secondary N) is 2. The third-order valence-corrected chi connectivity index (χ3v) is 4.82. The summed E-state index contributed by atoms with van der Waals surface area (Å²) in [7, 11) is 1.31. The van der Waals surface area contributed by atoms with Crippen LogP contribution in [0.4, 0.5) is 8.78 Å². The number of hydrogen-bond acceptors (Lipinski definition) is 4. The van der Waals surface area contributed by atoms with Crippen LogP contribution >= 0.6 is 0 Å². The van der Waals surface area contributed by atoms with Gasteiger partial charge in [0, 0.05) is 18.7 Å². The molecule has 0 heterocycles. The minimum absolute atomic E-state index is 0.0442. The van der Waals surface area contributed by atoms with E-state index in [1.165, 1.54) is 25.3 Å². The predicted molar refractivity (Wildman–Crippen MR) is 124 cm³/mol. The maximum atomic E-state index is 13.0. The van der Waals surface area contributed by atoms with Crippen LogP contribution in [0.25, 0.3) is 6.08 Å². The van der Waals surface area contributed by atoms with E-state index in [4.69, 9.17) is 4.74 Å². The molecule has 0 saturated carbocycles. The topological polar surface area (TPSA) is 76.7 Å². The number of para-hydroxylation sites is 1. The SMILES string of the molecule is COc1cccc(C=C(C(=O)NCc2ccccc2)C(=O)NCc2ccccc2)c1OC(F)F. The van der Waals surface area contributed by atoms with E-state index >= 15 is 0 Å². The second kappa shape index (κ2) is 12.2. The summed E-state index contributed by atoms with van der Waals surface area (Å²) in [5.41, 5.74) is 1.50. The number of hydrogen-bond donors (Lipinski definition) is 2. The van der Waals surface area contributed by atoms with Crippen molar-refractivity contribution in [1.82, 2.24) is 10.6 Å². The second-order valence-corrected chi connectivity index (χ2v) is 7.15. The lowest BCUT2D eigenvalue weighted by Crippen LogP contribution is -2.34. The molecule has 0 fully saturated rings. The molecule has 0 aliphatic rings. The molecule has 2 N–H and O–H groups in total. The van der Waals surface area contributed by atoms with Gasteiger partial charge in [0.15, 0.2) is 11.5 Å². The van der Waals surface area contributed by atoms with Crippen LogP contribution in [0.15, 0.2) is 84.4 Å². The fraction of sp³-hybridized carbons (Fsp3) is 0.154. The molecule has 0 aliphatic carbocycles. The monoisotopic (exact) mass is 466 g/mol. The van der Waals surface area contributed by atoms with Crippen LogP contribution in [0.3, 0.4) is 0 Å². The van der Waals surface area contributed by atoms with Crippen molar-refractivity contribution in [2.45, 2.75) is 19.7 Å². The Kier molecular flexibility index (Phi) is 8.73. The first-order valence-corrected chi connectivity index (χ1v) is 10.5. The summed E-state index contributed by atoms with van der Waals surface area (Å²) in [4.78, 5) is 26.0. The molecule has 176 valence electrons. The fourth-order valence-electron chi connectivity index (χ4n) is 3.16. The largest absolute Gasteiger partial charge is 0.493 e. The third kappa shape index (κ3) is 6.90. The summed E-state index contributed by atoms with van der Waals surface area (Å²) in [6.07, 6.45) is 1.21. The fourth-order valence-corrected chi connectivity index (χ4v) is 3.16. The first-order chi connectivity index (χ1) is 16.5. The van der Waals surface area contributed by atoms with E-state index < -0.39 is 18.4 Å². The highest BCUT2D eigenvalue weighted by molar-refractivity contribution is 6.21. The van der Waals surface area contributed by atoms with Crippen molar-refractivity contribution in [1.29, 1.82) is 0 Å². The molecular formula is C26H24F2N2O4. The van der Waals surface area contributed by atoms with Gasteiger partial charge in [0.05, 0.1) is 7.11 Å². The van der Waals surface area contributed by atoms with Gasteiger partial charge in [-0.1, -0.05) is 72.8 Å². The molecular weight excluding hydrogens is 442 g/mol. The summed E-state index contributed by atoms with van der Waals surface area (Å²) >= 11 is 0. The first-order valence-electron chi connectivity index (χ1n) is 10.5. The summed E-state index contributed by atoms with van der Waals surface area (Å²) in [6.45, 7) is -2.76. The van der Waals surface area contributed by atoms with E-state index in [2.05, 4.69) is 15.4 Å². The molecule has 6 nitrogen and oxygen atoms in total. The molecule has 0 bridgehead atoms. The maximum absolute atomic E-state index is 13.0. The molecule has 0 aromatic heterocycles. The molecule has 0 unspecified atom stereocenters. The van der Waals surface area contributed by atoms with Crippen LogP contribution in [-0.2, 0) is 22.7 Å². The molecule has 0 spiro atoms. The van der Waals surface area contributed by atoms with Gasteiger partial charge in [-0.25, -0.2) is 0 Å². The average Bonchev–Trinajstić information content (AvgIpc) is 2.86. The standard InChI is InChI=1S/C26H24F2N2O4/c1-33-22-14-8-13-20(23(22)34-26(27)28)15-21(24(31)29-16-18-9-4-2-5-10-18)25(32)30-17-19-11-6-3-7-12-19/h2-15,26H,16-17H2,1H3,(H,29,31)(H,30,32). The normalized spacial score (nSPS) is 10.4. The highest BCUT2D eigenvalue weighted by Gasteiger charge is 2.21. The number of ether oxygens (including phenoxy) is 2. The highest BCUT2D eigenvalue weighted by Crippen LogP contribution is 2.34. The van der Waals surface area contributed by atoms with E-state index in [0.29, 0.717) is 0 Å². The Morgan fingerprint density at radius 2 is 1.35 bits per heavy atom. The van der Waals surface area contributed by atoms with E-state index in [-0.39, 0.29) is 35.7 Å². The number of carbonyl (C=O) groups excluding carboxylic acids is 2. The molecule has 0 radical (unpaired) electrons. The summed E-state index contributed by atoms with van der Waals surface area (Å²) < 4.78 is 35.8. The van der Waals surface area contributed by atoms with Gasteiger partial charge in [0.1, 0.15) is 5.57 Å². The Hall–Kier alpha value is -4.20. The van der Waals surface area contributed by atoms with Crippen molar-refractivity contribution in [3.05, 3.63) is 101 Å². The van der Waals surface area contributed by atoms with Crippen molar-refractivity contribution in [2.75, 3.05) is 7.11 Å².